The van der Waals surface area contributed by atoms with E-state index >= 15 is 0 Å². The second-order valence-electron chi connectivity index (χ2n) is 15.3. The zero-order chi connectivity index (χ0) is 43.3. The minimum Gasteiger partial charge on any atom is -0.496 e. The van der Waals surface area contributed by atoms with E-state index in [-0.39, 0.29) is 0 Å². The average molecular weight is 821 g/mol. The van der Waals surface area contributed by atoms with Crippen molar-refractivity contribution in [1.29, 1.82) is 0 Å². The van der Waals surface area contributed by atoms with Crippen molar-refractivity contribution in [1.82, 2.24) is 19.8 Å². The molecule has 2 fully saturated rings. The molecule has 2 aromatic heterocycles. The third-order valence-corrected chi connectivity index (χ3v) is 10.8. The summed E-state index contributed by atoms with van der Waals surface area (Å²) in [7, 11) is 8.42. The highest BCUT2D eigenvalue weighted by Gasteiger charge is 2.30. The summed E-state index contributed by atoms with van der Waals surface area (Å²) in [5.74, 6) is 4.00. The van der Waals surface area contributed by atoms with Gasteiger partial charge < -0.3 is 23.7 Å². The molecule has 9 nitrogen and oxygen atoms in total. The van der Waals surface area contributed by atoms with Crippen LogP contribution < -0.4 is 14.2 Å². The van der Waals surface area contributed by atoms with Crippen LogP contribution in [-0.2, 0) is 22.6 Å². The number of hydrogen-bond acceptors (Lipinski definition) is 9. The maximum atomic E-state index is 6.13. The largest absolute Gasteiger partial charge is 0.496 e. The number of allylic oxidation sites excluding steroid dienone is 2. The molecule has 1 aliphatic carbocycles. The molecule has 0 spiro atoms. The molecule has 0 unspecified atom stereocenters. The van der Waals surface area contributed by atoms with E-state index in [4.69, 9.17) is 28.9 Å². The van der Waals surface area contributed by atoms with E-state index in [1.165, 1.54) is 29.5 Å². The summed E-state index contributed by atoms with van der Waals surface area (Å²) >= 11 is 0. The van der Waals surface area contributed by atoms with E-state index in [1.54, 1.807) is 35.5 Å². The lowest BCUT2D eigenvalue weighted by Gasteiger charge is -2.38. The molecule has 0 atom stereocenters. The Morgan fingerprint density at radius 3 is 2.07 bits per heavy atom. The number of rotatable bonds is 19. The van der Waals surface area contributed by atoms with Gasteiger partial charge in [-0.2, -0.15) is 0 Å². The van der Waals surface area contributed by atoms with Crippen LogP contribution in [0.2, 0.25) is 0 Å². The fourth-order valence-electron chi connectivity index (χ4n) is 7.57. The van der Waals surface area contributed by atoms with Gasteiger partial charge in [-0.25, -0.2) is 0 Å². The summed E-state index contributed by atoms with van der Waals surface area (Å²) in [6, 6.07) is 19.9. The van der Waals surface area contributed by atoms with Crippen molar-refractivity contribution in [3.05, 3.63) is 113 Å². The first kappa shape index (κ1) is 48.0. The van der Waals surface area contributed by atoms with Gasteiger partial charge in [0.15, 0.2) is 11.5 Å². The van der Waals surface area contributed by atoms with Crippen LogP contribution in [0.15, 0.2) is 91.0 Å². The number of pyridine rings is 2. The Morgan fingerprint density at radius 2 is 1.43 bits per heavy atom. The van der Waals surface area contributed by atoms with Crippen molar-refractivity contribution in [3.8, 4) is 39.8 Å². The first-order valence-electron chi connectivity index (χ1n) is 22.0. The molecule has 0 amide bonds. The number of aromatic nitrogens is 2. The topological polar surface area (TPSA) is 78.4 Å². The van der Waals surface area contributed by atoms with Gasteiger partial charge in [0.05, 0.1) is 39.3 Å². The number of ether oxygens (including phenoxy) is 5. The first-order chi connectivity index (χ1) is 29.3. The highest BCUT2D eigenvalue weighted by molar-refractivity contribution is 5.68. The Labute approximate surface area is 361 Å². The van der Waals surface area contributed by atoms with Crippen molar-refractivity contribution in [3.63, 3.8) is 0 Å². The summed E-state index contributed by atoms with van der Waals surface area (Å²) in [4.78, 5) is 14.8. The van der Waals surface area contributed by atoms with Gasteiger partial charge >= 0.3 is 0 Å². The number of benzene rings is 2. The predicted molar refractivity (Wildman–Crippen MR) is 247 cm³/mol. The summed E-state index contributed by atoms with van der Waals surface area (Å²) in [6.07, 6.45) is 18.2. The maximum absolute atomic E-state index is 6.13. The Balaban J connectivity index is 0.00000152. The third kappa shape index (κ3) is 14.2. The van der Waals surface area contributed by atoms with Crippen molar-refractivity contribution < 1.29 is 23.7 Å². The van der Waals surface area contributed by atoms with Crippen LogP contribution in [0.3, 0.4) is 0 Å². The average Bonchev–Trinajstić information content (AvgIpc) is 4.13. The van der Waals surface area contributed by atoms with Gasteiger partial charge in [-0.1, -0.05) is 52.3 Å². The molecule has 2 aromatic carbocycles. The summed E-state index contributed by atoms with van der Waals surface area (Å²) in [5, 5.41) is 0. The third-order valence-electron chi connectivity index (χ3n) is 10.8. The fraction of sp³-hybridized carbons (Fsp3) is 0.490. The fourth-order valence-corrected chi connectivity index (χ4v) is 7.57. The van der Waals surface area contributed by atoms with Gasteiger partial charge in [0.1, 0.15) is 11.5 Å². The van der Waals surface area contributed by atoms with Gasteiger partial charge in [0.2, 0.25) is 0 Å². The Morgan fingerprint density at radius 1 is 0.783 bits per heavy atom. The number of piperidine rings is 1. The molecular weight excluding hydrogens is 749 g/mol. The lowest BCUT2D eigenvalue weighted by molar-refractivity contribution is 0.108. The standard InChI is InChI=1S/C47H60N4O4.C2H6O.C2H6/c1-7-9-26-55-41(11-8-2)12-10-23-51(33-36-18-22-49-44(28-36)39-29-42(37-15-16-37)47(54-6)46(31-39)53-5)40-19-24-50(25-20-40)32-35-17-21-48-43(27-35)38-14-13-34(3)45(30-38)52-4;1-3-2;1-2/h10-14,17-18,21-22,27-31,37,40H,7-9,15-16,19-20,23-26,32-33H2,1-6H3;1-2H3;1-2H3/b12-10-,41-11+;;. The van der Waals surface area contributed by atoms with E-state index in [0.29, 0.717) is 12.0 Å². The molecule has 0 N–H and O–H groups in total. The Hall–Kier alpha value is -4.70. The molecule has 1 aliphatic heterocycles. The van der Waals surface area contributed by atoms with E-state index < -0.39 is 0 Å². The van der Waals surface area contributed by atoms with Crippen molar-refractivity contribution in [2.45, 2.75) is 105 Å². The second-order valence-corrected chi connectivity index (χ2v) is 15.3. The minimum atomic E-state index is 0.452. The number of methoxy groups -OCH3 is 4. The molecule has 4 aromatic rings. The zero-order valence-corrected chi connectivity index (χ0v) is 38.3. The molecule has 0 bridgehead atoms. The first-order valence-corrected chi connectivity index (χ1v) is 22.0. The molecule has 3 heterocycles. The molecule has 60 heavy (non-hydrogen) atoms. The van der Waals surface area contributed by atoms with Crippen LogP contribution >= 0.6 is 0 Å². The van der Waals surface area contributed by atoms with Crippen LogP contribution in [-0.4, -0.2) is 87.6 Å². The van der Waals surface area contributed by atoms with Crippen LogP contribution in [0, 0.1) is 6.92 Å². The van der Waals surface area contributed by atoms with Gasteiger partial charge in [0, 0.05) is 69.0 Å². The van der Waals surface area contributed by atoms with Crippen molar-refractivity contribution in [2.24, 2.45) is 0 Å². The van der Waals surface area contributed by atoms with Crippen LogP contribution in [0.1, 0.15) is 101 Å². The summed E-state index contributed by atoms with van der Waals surface area (Å²) in [6.45, 7) is 15.9. The highest BCUT2D eigenvalue weighted by Crippen LogP contribution is 2.49. The minimum absolute atomic E-state index is 0.452. The molecule has 326 valence electrons. The van der Waals surface area contributed by atoms with E-state index in [2.05, 4.69) is 108 Å². The highest BCUT2D eigenvalue weighted by atomic mass is 16.5. The Bertz CT molecular complexity index is 1930. The maximum Gasteiger partial charge on any atom is 0.164 e. The molecule has 1 saturated heterocycles. The summed E-state index contributed by atoms with van der Waals surface area (Å²) in [5.41, 5.74) is 8.97. The predicted octanol–water partition coefficient (Wildman–Crippen LogP) is 11.4. The number of unbranched alkanes of at least 4 members (excludes halogenated alkanes) is 1. The van der Waals surface area contributed by atoms with Gasteiger partial charge in [0.25, 0.3) is 0 Å². The van der Waals surface area contributed by atoms with Crippen molar-refractivity contribution >= 4 is 0 Å². The van der Waals surface area contributed by atoms with E-state index in [9.17, 15) is 0 Å². The van der Waals surface area contributed by atoms with Gasteiger partial charge in [-0.15, -0.1) is 0 Å². The number of likely N-dealkylation sites (tertiary alicyclic amines) is 1. The number of nitrogens with zero attached hydrogens (tertiary/aromatic N) is 4. The van der Waals surface area contributed by atoms with Crippen LogP contribution in [0.4, 0.5) is 0 Å². The van der Waals surface area contributed by atoms with Crippen LogP contribution in [0.25, 0.3) is 22.5 Å². The molecule has 9 heteroatoms. The molecular formula is C51H72N4O5. The smallest absolute Gasteiger partial charge is 0.164 e. The molecule has 2 aliphatic rings. The lowest BCUT2D eigenvalue weighted by atomic mass is 10.00. The molecule has 6 rings (SSSR count). The van der Waals surface area contributed by atoms with Gasteiger partial charge in [-0.05, 0) is 136 Å². The van der Waals surface area contributed by atoms with E-state index in [1.807, 2.05) is 26.2 Å². The quantitative estimate of drug-likeness (QED) is 0.0522. The van der Waals surface area contributed by atoms with Gasteiger partial charge in [-0.3, -0.25) is 19.8 Å². The van der Waals surface area contributed by atoms with Crippen LogP contribution in [0.5, 0.6) is 17.2 Å². The monoisotopic (exact) mass is 821 g/mol. The number of aryl methyl sites for hydroxylation is 1. The van der Waals surface area contributed by atoms with Crippen molar-refractivity contribution in [2.75, 3.05) is 61.8 Å². The Kier molecular flexibility index (Phi) is 20.6. The normalized spacial score (nSPS) is 14.6. The molecule has 0 radical (unpaired) electrons. The summed E-state index contributed by atoms with van der Waals surface area (Å²) < 4.78 is 27.6. The van der Waals surface area contributed by atoms with E-state index in [0.717, 1.165) is 123 Å². The second kappa shape index (κ2) is 25.8. The molecule has 1 saturated carbocycles. The lowest BCUT2D eigenvalue weighted by Crippen LogP contribution is -2.44. The zero-order valence-electron chi connectivity index (χ0n) is 38.3. The number of hydrogen-bond donors (Lipinski definition) is 0. The SMILES string of the molecule is CC.CC/C=C(\C=C/CN(Cc1ccnc(-c2cc(OC)c(OC)c(C3CC3)c2)c1)C1CCN(Cc2ccnc(-c3ccc(C)c(OC)c3)c2)CC1)OCCCC.COC.